The maximum absolute atomic E-state index is 11.7. The van der Waals surface area contributed by atoms with E-state index in [4.69, 9.17) is 5.11 Å². The molecule has 0 bridgehead atoms. The van der Waals surface area contributed by atoms with Gasteiger partial charge in [0.1, 0.15) is 5.69 Å². The topological polar surface area (TPSA) is 99.3 Å². The zero-order valence-electron chi connectivity index (χ0n) is 10.3. The quantitative estimate of drug-likeness (QED) is 0.659. The maximum Gasteiger partial charge on any atom is 0.303 e. The van der Waals surface area contributed by atoms with Crippen LogP contribution in [-0.4, -0.2) is 34.3 Å². The van der Waals surface area contributed by atoms with Gasteiger partial charge in [0.05, 0.1) is 0 Å². The zero-order chi connectivity index (χ0) is 13.7. The number of ketones is 1. The highest BCUT2D eigenvalue weighted by molar-refractivity contribution is 5.99. The maximum atomic E-state index is 11.7. The molecule has 0 fully saturated rings. The van der Waals surface area contributed by atoms with E-state index in [1.807, 2.05) is 0 Å². The Kier molecular flexibility index (Phi) is 4.65. The number of rotatable bonds is 6. The summed E-state index contributed by atoms with van der Waals surface area (Å²) in [5.74, 6) is -1.51. The van der Waals surface area contributed by atoms with Crippen molar-refractivity contribution in [3.05, 3.63) is 23.5 Å². The first-order valence-electron chi connectivity index (χ1n) is 5.59. The molecule has 1 atom stereocenters. The summed E-state index contributed by atoms with van der Waals surface area (Å²) in [5.41, 5.74) is 0.737. The van der Waals surface area contributed by atoms with Crippen molar-refractivity contribution in [2.75, 3.05) is 6.54 Å². The second-order valence-electron chi connectivity index (χ2n) is 4.27. The van der Waals surface area contributed by atoms with Gasteiger partial charge in [-0.05, 0) is 18.9 Å². The van der Waals surface area contributed by atoms with Crippen molar-refractivity contribution in [2.45, 2.75) is 20.3 Å². The van der Waals surface area contributed by atoms with Crippen molar-refractivity contribution >= 4 is 17.7 Å². The van der Waals surface area contributed by atoms with Crippen LogP contribution in [0.25, 0.3) is 0 Å². The number of carbonyl (C=O) groups is 3. The molecule has 1 aromatic rings. The Morgan fingerprint density at radius 1 is 1.44 bits per heavy atom. The summed E-state index contributed by atoms with van der Waals surface area (Å²) in [6, 6.07) is 1.47. The third-order valence-electron chi connectivity index (χ3n) is 2.47. The van der Waals surface area contributed by atoms with E-state index in [-0.39, 0.29) is 30.6 Å². The first-order valence-corrected chi connectivity index (χ1v) is 5.59. The molecule has 6 heteroatoms. The summed E-state index contributed by atoms with van der Waals surface area (Å²) in [6.45, 7) is 3.43. The molecule has 3 N–H and O–H groups in total. The fourth-order valence-corrected chi connectivity index (χ4v) is 1.46. The molecule has 1 aromatic heterocycles. The summed E-state index contributed by atoms with van der Waals surface area (Å²) in [6.07, 6.45) is 1.47. The molecule has 6 nitrogen and oxygen atoms in total. The smallest absolute Gasteiger partial charge is 0.303 e. The van der Waals surface area contributed by atoms with E-state index in [0.29, 0.717) is 11.3 Å². The minimum atomic E-state index is -0.893. The molecule has 0 saturated carbocycles. The average Bonchev–Trinajstić information content (AvgIpc) is 2.74. The summed E-state index contributed by atoms with van der Waals surface area (Å²) >= 11 is 0. The number of H-pyrrole nitrogens is 1. The van der Waals surface area contributed by atoms with E-state index in [2.05, 4.69) is 10.3 Å². The van der Waals surface area contributed by atoms with Gasteiger partial charge >= 0.3 is 5.97 Å². The van der Waals surface area contributed by atoms with Gasteiger partial charge in [0.2, 0.25) is 0 Å². The van der Waals surface area contributed by atoms with Gasteiger partial charge in [-0.15, -0.1) is 0 Å². The van der Waals surface area contributed by atoms with E-state index < -0.39 is 5.97 Å². The van der Waals surface area contributed by atoms with Gasteiger partial charge in [0.15, 0.2) is 5.78 Å². The van der Waals surface area contributed by atoms with E-state index in [1.54, 1.807) is 6.92 Å². The SMILES string of the molecule is CC(=O)c1c[nH]c(C(=O)NCC(C)CC(=O)O)c1. The molecule has 0 aromatic carbocycles. The lowest BCUT2D eigenvalue weighted by atomic mass is 10.1. The number of Topliss-reactive ketones (excluding diaryl/α,β-unsaturated/α-hetero) is 1. The Labute approximate surface area is 104 Å². The third-order valence-corrected chi connectivity index (χ3v) is 2.47. The van der Waals surface area contributed by atoms with Gasteiger partial charge in [-0.3, -0.25) is 14.4 Å². The normalized spacial score (nSPS) is 11.9. The monoisotopic (exact) mass is 252 g/mol. The third kappa shape index (κ3) is 4.04. The first-order chi connectivity index (χ1) is 8.40. The summed E-state index contributed by atoms with van der Waals surface area (Å²) in [4.78, 5) is 35.9. The number of hydrogen-bond acceptors (Lipinski definition) is 3. The average molecular weight is 252 g/mol. The van der Waals surface area contributed by atoms with Gasteiger partial charge in [-0.25, -0.2) is 0 Å². The van der Waals surface area contributed by atoms with Crippen molar-refractivity contribution < 1.29 is 19.5 Å². The minimum absolute atomic E-state index is 0.00367. The molecular weight excluding hydrogens is 236 g/mol. The zero-order valence-corrected chi connectivity index (χ0v) is 10.3. The molecule has 1 heterocycles. The standard InChI is InChI=1S/C12H16N2O4/c1-7(3-11(16)17)5-14-12(18)10-4-9(6-13-10)8(2)15/h4,6-7,13H,3,5H2,1-2H3,(H,14,18)(H,16,17). The predicted molar refractivity (Wildman–Crippen MR) is 64.5 cm³/mol. The lowest BCUT2D eigenvalue weighted by Gasteiger charge is -2.09. The van der Waals surface area contributed by atoms with E-state index in [9.17, 15) is 14.4 Å². The van der Waals surface area contributed by atoms with Gasteiger partial charge < -0.3 is 15.4 Å². The number of aromatic amines is 1. The molecule has 98 valence electrons. The van der Waals surface area contributed by atoms with Gasteiger partial charge in [0.25, 0.3) is 5.91 Å². The van der Waals surface area contributed by atoms with E-state index in [1.165, 1.54) is 19.2 Å². The fraction of sp³-hybridized carbons (Fsp3) is 0.417. The van der Waals surface area contributed by atoms with Crippen LogP contribution in [0.1, 0.15) is 41.1 Å². The fourth-order valence-electron chi connectivity index (χ4n) is 1.46. The Hall–Kier alpha value is -2.11. The number of aliphatic carboxylic acids is 1. The van der Waals surface area contributed by atoms with Crippen molar-refractivity contribution in [3.8, 4) is 0 Å². The van der Waals surface area contributed by atoms with Crippen molar-refractivity contribution in [3.63, 3.8) is 0 Å². The highest BCUT2D eigenvalue weighted by atomic mass is 16.4. The largest absolute Gasteiger partial charge is 0.481 e. The van der Waals surface area contributed by atoms with E-state index >= 15 is 0 Å². The molecule has 0 saturated heterocycles. The lowest BCUT2D eigenvalue weighted by molar-refractivity contribution is -0.137. The van der Waals surface area contributed by atoms with Crippen LogP contribution >= 0.6 is 0 Å². The van der Waals surface area contributed by atoms with Crippen LogP contribution in [0.15, 0.2) is 12.3 Å². The molecule has 0 aliphatic heterocycles. The van der Waals surface area contributed by atoms with Crippen LogP contribution in [0, 0.1) is 5.92 Å². The number of carboxylic acids is 1. The van der Waals surface area contributed by atoms with Crippen LogP contribution < -0.4 is 5.32 Å². The molecule has 1 unspecified atom stereocenters. The number of aromatic nitrogens is 1. The van der Waals surface area contributed by atoms with Crippen LogP contribution in [0.2, 0.25) is 0 Å². The molecule has 0 spiro atoms. The molecule has 1 amide bonds. The second kappa shape index (κ2) is 6.00. The number of nitrogens with one attached hydrogen (secondary N) is 2. The van der Waals surface area contributed by atoms with Crippen molar-refractivity contribution in [1.82, 2.24) is 10.3 Å². The van der Waals surface area contributed by atoms with Crippen molar-refractivity contribution in [1.29, 1.82) is 0 Å². The van der Waals surface area contributed by atoms with Gasteiger partial charge in [-0.1, -0.05) is 6.92 Å². The van der Waals surface area contributed by atoms with E-state index in [0.717, 1.165) is 0 Å². The van der Waals surface area contributed by atoms with Crippen LogP contribution in [0.4, 0.5) is 0 Å². The molecular formula is C12H16N2O4. The lowest BCUT2D eigenvalue weighted by Crippen LogP contribution is -2.29. The number of amides is 1. The Balaban J connectivity index is 2.49. The number of carboxylic acid groups (broad SMARTS) is 1. The van der Waals surface area contributed by atoms with Crippen LogP contribution in [0.3, 0.4) is 0 Å². The van der Waals surface area contributed by atoms with Crippen LogP contribution in [0.5, 0.6) is 0 Å². The number of carbonyl (C=O) groups excluding carboxylic acids is 2. The number of hydrogen-bond donors (Lipinski definition) is 3. The second-order valence-corrected chi connectivity index (χ2v) is 4.27. The molecule has 1 rings (SSSR count). The predicted octanol–water partition coefficient (Wildman–Crippen LogP) is 1.06. The van der Waals surface area contributed by atoms with Gasteiger partial charge in [0, 0.05) is 24.7 Å². The summed E-state index contributed by atoms with van der Waals surface area (Å²) in [5, 5.41) is 11.2. The first kappa shape index (κ1) is 14.0. The highest BCUT2D eigenvalue weighted by Gasteiger charge is 2.13. The molecule has 0 radical (unpaired) electrons. The Morgan fingerprint density at radius 2 is 2.11 bits per heavy atom. The Morgan fingerprint density at radius 3 is 2.61 bits per heavy atom. The van der Waals surface area contributed by atoms with Gasteiger partial charge in [-0.2, -0.15) is 0 Å². The summed E-state index contributed by atoms with van der Waals surface area (Å²) in [7, 11) is 0. The van der Waals surface area contributed by atoms with Crippen molar-refractivity contribution in [2.24, 2.45) is 5.92 Å². The molecule has 0 aliphatic carbocycles. The Bertz CT molecular complexity index is 464. The van der Waals surface area contributed by atoms with Crippen LogP contribution in [-0.2, 0) is 4.79 Å². The molecule has 0 aliphatic rings. The molecule has 18 heavy (non-hydrogen) atoms. The summed E-state index contributed by atoms with van der Waals surface area (Å²) < 4.78 is 0. The highest BCUT2D eigenvalue weighted by Crippen LogP contribution is 2.05. The minimum Gasteiger partial charge on any atom is -0.481 e.